The number of aromatic nitrogens is 1. The van der Waals surface area contributed by atoms with E-state index in [4.69, 9.17) is 0 Å². The van der Waals surface area contributed by atoms with E-state index in [2.05, 4.69) is 84.3 Å². The number of hydrogen-bond donors (Lipinski definition) is 0. The van der Waals surface area contributed by atoms with Crippen molar-refractivity contribution in [3.63, 3.8) is 0 Å². The van der Waals surface area contributed by atoms with Gasteiger partial charge in [0.1, 0.15) is 0 Å². The van der Waals surface area contributed by atoms with Crippen LogP contribution in [0.15, 0.2) is 72.8 Å². The van der Waals surface area contributed by atoms with Gasteiger partial charge in [0.15, 0.2) is 0 Å². The maximum atomic E-state index is 2.58. The van der Waals surface area contributed by atoms with Gasteiger partial charge in [-0.1, -0.05) is 131 Å². The molecule has 0 N–H and O–H groups in total. The SMILES string of the molecule is CCCCCCCCCCCCn1c2ccccc2c2cccc(-c3ccccc3)c21. The molecule has 4 rings (SSSR count). The molecule has 4 aromatic rings. The molecular formula is C30H37N. The van der Waals surface area contributed by atoms with Crippen LogP contribution in [0, 0.1) is 0 Å². The lowest BCUT2D eigenvalue weighted by molar-refractivity contribution is 0.541. The lowest BCUT2D eigenvalue weighted by Gasteiger charge is -2.11. The maximum absolute atomic E-state index is 2.58. The van der Waals surface area contributed by atoms with Gasteiger partial charge >= 0.3 is 0 Å². The topological polar surface area (TPSA) is 4.93 Å². The number of aryl methyl sites for hydroxylation is 1. The largest absolute Gasteiger partial charge is 0.340 e. The minimum Gasteiger partial charge on any atom is -0.340 e. The number of fused-ring (bicyclic) bond motifs is 3. The quantitative estimate of drug-likeness (QED) is 0.205. The average molecular weight is 412 g/mol. The summed E-state index contributed by atoms with van der Waals surface area (Å²) in [4.78, 5) is 0. The first-order valence-electron chi connectivity index (χ1n) is 12.5. The normalized spacial score (nSPS) is 11.5. The molecule has 0 aliphatic rings. The Balaban J connectivity index is 1.47. The van der Waals surface area contributed by atoms with Crippen LogP contribution in [0.1, 0.15) is 71.1 Å². The fourth-order valence-electron chi connectivity index (χ4n) is 4.95. The van der Waals surface area contributed by atoms with Gasteiger partial charge in [-0.25, -0.2) is 0 Å². The van der Waals surface area contributed by atoms with Gasteiger partial charge in [0.25, 0.3) is 0 Å². The molecule has 0 aliphatic carbocycles. The second kappa shape index (κ2) is 11.2. The Morgan fingerprint density at radius 1 is 0.548 bits per heavy atom. The highest BCUT2D eigenvalue weighted by Crippen LogP contribution is 2.36. The Morgan fingerprint density at radius 2 is 1.16 bits per heavy atom. The Labute approximate surface area is 188 Å². The van der Waals surface area contributed by atoms with Gasteiger partial charge in [0.2, 0.25) is 0 Å². The molecule has 0 bridgehead atoms. The first kappa shape index (κ1) is 21.7. The Morgan fingerprint density at radius 3 is 1.90 bits per heavy atom. The Bertz CT molecular complexity index is 1070. The van der Waals surface area contributed by atoms with E-state index in [-0.39, 0.29) is 0 Å². The maximum Gasteiger partial charge on any atom is 0.0571 e. The minimum atomic E-state index is 1.10. The second-order valence-electron chi connectivity index (χ2n) is 8.92. The number of unbranched alkanes of at least 4 members (excludes halogenated alkanes) is 9. The highest BCUT2D eigenvalue weighted by molar-refractivity contribution is 6.12. The van der Waals surface area contributed by atoms with Gasteiger partial charge in [0.05, 0.1) is 5.52 Å². The molecule has 3 aromatic carbocycles. The van der Waals surface area contributed by atoms with E-state index >= 15 is 0 Å². The summed E-state index contributed by atoms with van der Waals surface area (Å²) in [6.07, 6.45) is 13.8. The van der Waals surface area contributed by atoms with E-state index in [1.807, 2.05) is 0 Å². The second-order valence-corrected chi connectivity index (χ2v) is 8.92. The first-order valence-corrected chi connectivity index (χ1v) is 12.5. The Kier molecular flexibility index (Phi) is 7.82. The molecule has 31 heavy (non-hydrogen) atoms. The fourth-order valence-corrected chi connectivity index (χ4v) is 4.95. The summed E-state index contributed by atoms with van der Waals surface area (Å²) in [6.45, 7) is 3.39. The number of hydrogen-bond acceptors (Lipinski definition) is 0. The monoisotopic (exact) mass is 411 g/mol. The summed E-state index contributed by atoms with van der Waals surface area (Å²) in [5.41, 5.74) is 5.42. The van der Waals surface area contributed by atoms with Crippen LogP contribution in [0.2, 0.25) is 0 Å². The highest BCUT2D eigenvalue weighted by Gasteiger charge is 2.14. The number of para-hydroxylation sites is 2. The predicted molar refractivity (Wildman–Crippen MR) is 137 cm³/mol. The van der Waals surface area contributed by atoms with Crippen LogP contribution in [0.3, 0.4) is 0 Å². The van der Waals surface area contributed by atoms with Crippen LogP contribution >= 0.6 is 0 Å². The van der Waals surface area contributed by atoms with Gasteiger partial charge in [-0.2, -0.15) is 0 Å². The smallest absolute Gasteiger partial charge is 0.0571 e. The van der Waals surface area contributed by atoms with E-state index in [1.54, 1.807) is 0 Å². The highest BCUT2D eigenvalue weighted by atomic mass is 15.0. The van der Waals surface area contributed by atoms with E-state index in [0.29, 0.717) is 0 Å². The summed E-state index contributed by atoms with van der Waals surface area (Å²) >= 11 is 0. The predicted octanol–water partition coefficient (Wildman–Crippen LogP) is 9.38. The number of nitrogens with zero attached hydrogens (tertiary/aromatic N) is 1. The summed E-state index contributed by atoms with van der Waals surface area (Å²) in [7, 11) is 0. The number of rotatable bonds is 12. The average Bonchev–Trinajstić information content (AvgIpc) is 3.15. The first-order chi connectivity index (χ1) is 15.4. The van der Waals surface area contributed by atoms with Crippen LogP contribution in [0.4, 0.5) is 0 Å². The van der Waals surface area contributed by atoms with Gasteiger partial charge < -0.3 is 4.57 Å². The van der Waals surface area contributed by atoms with Gasteiger partial charge in [-0.3, -0.25) is 0 Å². The van der Waals surface area contributed by atoms with Crippen molar-refractivity contribution >= 4 is 21.8 Å². The standard InChI is InChI=1S/C30H37N/c1-2-3-4-5-6-7-8-9-10-16-24-31-29-23-15-14-20-27(29)28-22-17-21-26(30(28)31)25-18-12-11-13-19-25/h11-15,17-23H,2-10,16,24H2,1H3. The van der Waals surface area contributed by atoms with Crippen LogP contribution < -0.4 is 0 Å². The van der Waals surface area contributed by atoms with Crippen molar-refractivity contribution < 1.29 is 0 Å². The van der Waals surface area contributed by atoms with Crippen molar-refractivity contribution in [2.45, 2.75) is 77.7 Å². The van der Waals surface area contributed by atoms with Crippen molar-refractivity contribution in [1.29, 1.82) is 0 Å². The van der Waals surface area contributed by atoms with Gasteiger partial charge in [-0.15, -0.1) is 0 Å². The third kappa shape index (κ3) is 5.21. The Hall–Kier alpha value is -2.54. The van der Waals surface area contributed by atoms with Crippen LogP contribution in [-0.2, 0) is 6.54 Å². The fraction of sp³-hybridized carbons (Fsp3) is 0.400. The van der Waals surface area contributed by atoms with E-state index in [1.165, 1.54) is 97.1 Å². The molecule has 0 amide bonds. The van der Waals surface area contributed by atoms with Crippen molar-refractivity contribution in [2.75, 3.05) is 0 Å². The molecule has 0 fully saturated rings. The van der Waals surface area contributed by atoms with E-state index in [0.717, 1.165) is 6.54 Å². The molecule has 0 unspecified atom stereocenters. The molecule has 0 saturated carbocycles. The summed E-state index contributed by atoms with van der Waals surface area (Å²) in [6, 6.07) is 26.6. The zero-order chi connectivity index (χ0) is 21.3. The van der Waals surface area contributed by atoms with E-state index < -0.39 is 0 Å². The molecule has 162 valence electrons. The summed E-state index contributed by atoms with van der Waals surface area (Å²) < 4.78 is 2.58. The summed E-state index contributed by atoms with van der Waals surface area (Å²) in [5.74, 6) is 0. The molecule has 1 heterocycles. The summed E-state index contributed by atoms with van der Waals surface area (Å²) in [5, 5.41) is 2.76. The zero-order valence-electron chi connectivity index (χ0n) is 19.2. The van der Waals surface area contributed by atoms with Crippen molar-refractivity contribution in [3.8, 4) is 11.1 Å². The van der Waals surface area contributed by atoms with Crippen molar-refractivity contribution in [1.82, 2.24) is 4.57 Å². The molecule has 0 aliphatic heterocycles. The molecule has 0 spiro atoms. The lowest BCUT2D eigenvalue weighted by Crippen LogP contribution is -1.99. The number of benzene rings is 3. The third-order valence-corrected chi connectivity index (χ3v) is 6.61. The van der Waals surface area contributed by atoms with Crippen LogP contribution in [0.5, 0.6) is 0 Å². The lowest BCUT2D eigenvalue weighted by atomic mass is 10.0. The molecule has 0 atom stereocenters. The van der Waals surface area contributed by atoms with Gasteiger partial charge in [0, 0.05) is 28.4 Å². The van der Waals surface area contributed by atoms with Crippen LogP contribution in [0.25, 0.3) is 32.9 Å². The molecule has 1 aromatic heterocycles. The van der Waals surface area contributed by atoms with Crippen molar-refractivity contribution in [2.24, 2.45) is 0 Å². The molecule has 0 saturated heterocycles. The van der Waals surface area contributed by atoms with Gasteiger partial charge in [-0.05, 0) is 18.1 Å². The third-order valence-electron chi connectivity index (χ3n) is 6.61. The van der Waals surface area contributed by atoms with E-state index in [9.17, 15) is 0 Å². The molecule has 0 radical (unpaired) electrons. The van der Waals surface area contributed by atoms with Crippen molar-refractivity contribution in [3.05, 3.63) is 72.8 Å². The molecular weight excluding hydrogens is 374 g/mol. The molecule has 1 nitrogen and oxygen atoms in total. The minimum absolute atomic E-state index is 1.10. The molecule has 1 heteroatoms. The van der Waals surface area contributed by atoms with Crippen LogP contribution in [-0.4, -0.2) is 4.57 Å². The zero-order valence-corrected chi connectivity index (χ0v) is 19.2.